The Morgan fingerprint density at radius 3 is 2.63 bits per heavy atom. The predicted molar refractivity (Wildman–Crippen MR) is 76.8 cm³/mol. The van der Waals surface area contributed by atoms with Crippen molar-refractivity contribution in [2.75, 3.05) is 7.05 Å². The Morgan fingerprint density at radius 2 is 2.00 bits per heavy atom. The van der Waals surface area contributed by atoms with Crippen molar-refractivity contribution in [2.45, 2.75) is 56.7 Å². The van der Waals surface area contributed by atoms with E-state index in [1.165, 1.54) is 27.7 Å². The molecule has 1 aromatic heterocycles. The van der Waals surface area contributed by atoms with Crippen LogP contribution in [0.15, 0.2) is 0 Å². The number of sulfonamides is 1. The molecular weight excluding hydrogens is 280 g/mol. The highest BCUT2D eigenvalue weighted by Gasteiger charge is 2.51. The van der Waals surface area contributed by atoms with E-state index in [1.54, 1.807) is 18.4 Å². The second-order valence-corrected chi connectivity index (χ2v) is 9.62. The minimum Gasteiger partial charge on any atom is -0.245 e. The van der Waals surface area contributed by atoms with Gasteiger partial charge in [-0.25, -0.2) is 13.4 Å². The van der Waals surface area contributed by atoms with E-state index < -0.39 is 14.8 Å². The smallest absolute Gasteiger partial charge is 0.219 e. The van der Waals surface area contributed by atoms with Gasteiger partial charge < -0.3 is 0 Å². The Morgan fingerprint density at radius 1 is 1.32 bits per heavy atom. The number of aromatic nitrogens is 1. The highest BCUT2D eigenvalue weighted by molar-refractivity contribution is 7.90. The lowest BCUT2D eigenvalue weighted by atomic mass is 10.0. The summed E-state index contributed by atoms with van der Waals surface area (Å²) in [5.41, 5.74) is 1.20. The van der Waals surface area contributed by atoms with Crippen LogP contribution in [0.1, 0.15) is 48.2 Å². The Bertz CT molecular complexity index is 564. The van der Waals surface area contributed by atoms with Crippen molar-refractivity contribution in [3.05, 3.63) is 15.6 Å². The van der Waals surface area contributed by atoms with Gasteiger partial charge >= 0.3 is 0 Å². The SMILES string of the molecule is CN(Cc1nc2c(s1)CCCC2)S(=O)(=O)C1(C)CC1. The van der Waals surface area contributed by atoms with Crippen LogP contribution < -0.4 is 0 Å². The molecule has 19 heavy (non-hydrogen) atoms. The summed E-state index contributed by atoms with van der Waals surface area (Å²) in [7, 11) is -1.49. The number of aryl methyl sites for hydroxylation is 2. The van der Waals surface area contributed by atoms with Gasteiger partial charge in [-0.2, -0.15) is 4.31 Å². The topological polar surface area (TPSA) is 50.3 Å². The molecule has 0 unspecified atom stereocenters. The van der Waals surface area contributed by atoms with Crippen molar-refractivity contribution < 1.29 is 8.42 Å². The van der Waals surface area contributed by atoms with Crippen molar-refractivity contribution >= 4 is 21.4 Å². The zero-order chi connectivity index (χ0) is 13.7. The summed E-state index contributed by atoms with van der Waals surface area (Å²) in [5, 5.41) is 0.947. The zero-order valence-electron chi connectivity index (χ0n) is 11.5. The third kappa shape index (κ3) is 2.34. The van der Waals surface area contributed by atoms with E-state index in [4.69, 9.17) is 0 Å². The van der Waals surface area contributed by atoms with E-state index in [-0.39, 0.29) is 0 Å². The molecule has 0 aromatic carbocycles. The third-order valence-corrected chi connectivity index (χ3v) is 7.98. The summed E-state index contributed by atoms with van der Waals surface area (Å²) < 4.78 is 25.7. The first kappa shape index (κ1) is 13.5. The van der Waals surface area contributed by atoms with Crippen LogP contribution in [0, 0.1) is 0 Å². The summed E-state index contributed by atoms with van der Waals surface area (Å²) in [6, 6.07) is 0. The number of fused-ring (bicyclic) bond motifs is 1. The molecule has 0 bridgehead atoms. The summed E-state index contributed by atoms with van der Waals surface area (Å²) in [6.45, 7) is 2.27. The van der Waals surface area contributed by atoms with E-state index in [2.05, 4.69) is 4.98 Å². The lowest BCUT2D eigenvalue weighted by molar-refractivity contribution is 0.454. The minimum absolute atomic E-state index is 0.426. The average Bonchev–Trinajstić information content (AvgIpc) is 3.00. The van der Waals surface area contributed by atoms with Gasteiger partial charge in [-0.05, 0) is 45.4 Å². The molecule has 2 aliphatic rings. The third-order valence-electron chi connectivity index (χ3n) is 4.24. The molecule has 3 rings (SSSR count). The Hall–Kier alpha value is -0.460. The van der Waals surface area contributed by atoms with Gasteiger partial charge in [-0.1, -0.05) is 0 Å². The van der Waals surface area contributed by atoms with E-state index >= 15 is 0 Å². The molecule has 0 aliphatic heterocycles. The number of hydrogen-bond donors (Lipinski definition) is 0. The average molecular weight is 300 g/mol. The number of thiazole rings is 1. The highest BCUT2D eigenvalue weighted by atomic mass is 32.2. The molecule has 0 spiro atoms. The first-order valence-corrected chi connectivity index (χ1v) is 9.11. The molecule has 1 heterocycles. The van der Waals surface area contributed by atoms with Crippen LogP contribution in [0.25, 0.3) is 0 Å². The molecule has 1 saturated carbocycles. The van der Waals surface area contributed by atoms with Gasteiger partial charge in [0.2, 0.25) is 10.0 Å². The lowest BCUT2D eigenvalue weighted by Gasteiger charge is -2.20. The van der Waals surface area contributed by atoms with Gasteiger partial charge in [0.1, 0.15) is 5.01 Å². The summed E-state index contributed by atoms with van der Waals surface area (Å²) >= 11 is 1.69. The molecule has 0 radical (unpaired) electrons. The van der Waals surface area contributed by atoms with Crippen molar-refractivity contribution in [3.8, 4) is 0 Å². The molecule has 2 aliphatic carbocycles. The second kappa shape index (κ2) is 4.53. The summed E-state index contributed by atoms with van der Waals surface area (Å²) in [6.07, 6.45) is 6.19. The van der Waals surface area contributed by atoms with Crippen LogP contribution in [0.5, 0.6) is 0 Å². The summed E-state index contributed by atoms with van der Waals surface area (Å²) in [5.74, 6) is 0. The van der Waals surface area contributed by atoms with Gasteiger partial charge in [0.05, 0.1) is 17.0 Å². The standard InChI is InChI=1S/C13H20N2O2S2/c1-13(7-8-13)19(16,17)15(2)9-12-14-10-5-3-4-6-11(10)18-12/h3-9H2,1-2H3. The van der Waals surface area contributed by atoms with Gasteiger partial charge in [0.25, 0.3) is 0 Å². The molecule has 0 atom stereocenters. The number of hydrogen-bond acceptors (Lipinski definition) is 4. The first-order valence-electron chi connectivity index (χ1n) is 6.86. The van der Waals surface area contributed by atoms with E-state index in [9.17, 15) is 8.42 Å². The van der Waals surface area contributed by atoms with Crippen molar-refractivity contribution in [1.82, 2.24) is 9.29 Å². The monoisotopic (exact) mass is 300 g/mol. The van der Waals surface area contributed by atoms with E-state index in [1.807, 2.05) is 6.92 Å². The van der Waals surface area contributed by atoms with Gasteiger partial charge in [0, 0.05) is 11.9 Å². The quantitative estimate of drug-likeness (QED) is 0.857. The first-order chi connectivity index (χ1) is 8.92. The molecule has 0 saturated heterocycles. The van der Waals surface area contributed by atoms with Crippen LogP contribution in [0.2, 0.25) is 0 Å². The Balaban J connectivity index is 1.76. The predicted octanol–water partition coefficient (Wildman–Crippen LogP) is 2.34. The van der Waals surface area contributed by atoms with Gasteiger partial charge in [-0.15, -0.1) is 11.3 Å². The van der Waals surface area contributed by atoms with Crippen LogP contribution in [0.3, 0.4) is 0 Å². The van der Waals surface area contributed by atoms with Crippen molar-refractivity contribution in [1.29, 1.82) is 0 Å². The van der Waals surface area contributed by atoms with E-state index in [0.717, 1.165) is 30.7 Å². The normalized spacial score (nSPS) is 21.4. The zero-order valence-corrected chi connectivity index (χ0v) is 13.1. The second-order valence-electron chi connectivity index (χ2n) is 5.90. The van der Waals surface area contributed by atoms with E-state index in [0.29, 0.717) is 6.54 Å². The Labute approximate surface area is 118 Å². The van der Waals surface area contributed by atoms with Gasteiger partial charge in [-0.3, -0.25) is 0 Å². The largest absolute Gasteiger partial charge is 0.245 e. The molecular formula is C13H20N2O2S2. The molecule has 106 valence electrons. The van der Waals surface area contributed by atoms with Crippen LogP contribution in [-0.2, 0) is 29.4 Å². The van der Waals surface area contributed by atoms with Crippen LogP contribution >= 0.6 is 11.3 Å². The van der Waals surface area contributed by atoms with Gasteiger partial charge in [0.15, 0.2) is 0 Å². The molecule has 6 heteroatoms. The molecule has 1 fully saturated rings. The van der Waals surface area contributed by atoms with Crippen LogP contribution in [-0.4, -0.2) is 29.5 Å². The maximum atomic E-state index is 12.4. The fourth-order valence-corrected chi connectivity index (χ4v) is 5.51. The molecule has 0 amide bonds. The maximum absolute atomic E-state index is 12.4. The fraction of sp³-hybridized carbons (Fsp3) is 0.769. The highest BCUT2D eigenvalue weighted by Crippen LogP contribution is 2.44. The number of rotatable bonds is 4. The molecule has 1 aromatic rings. The Kier molecular flexibility index (Phi) is 3.22. The van der Waals surface area contributed by atoms with Crippen molar-refractivity contribution in [3.63, 3.8) is 0 Å². The maximum Gasteiger partial charge on any atom is 0.219 e. The van der Waals surface area contributed by atoms with Crippen LogP contribution in [0.4, 0.5) is 0 Å². The summed E-state index contributed by atoms with van der Waals surface area (Å²) in [4.78, 5) is 5.98. The molecule has 0 N–H and O–H groups in total. The van der Waals surface area contributed by atoms with Crippen molar-refractivity contribution in [2.24, 2.45) is 0 Å². The molecule has 4 nitrogen and oxygen atoms in total. The number of nitrogens with zero attached hydrogens (tertiary/aromatic N) is 2. The fourth-order valence-electron chi connectivity index (χ4n) is 2.56. The lowest BCUT2D eigenvalue weighted by Crippen LogP contribution is -2.35. The minimum atomic E-state index is -3.16.